The van der Waals surface area contributed by atoms with E-state index in [1.807, 2.05) is 11.3 Å². The molecule has 3 rings (SSSR count). The Morgan fingerprint density at radius 1 is 1.20 bits per heavy atom. The summed E-state index contributed by atoms with van der Waals surface area (Å²) in [6, 6.07) is 12.8. The molecule has 104 valence electrons. The van der Waals surface area contributed by atoms with E-state index in [0.717, 1.165) is 31.7 Å². The summed E-state index contributed by atoms with van der Waals surface area (Å²) in [5.74, 6) is 0.968. The van der Waals surface area contributed by atoms with Crippen LogP contribution in [0, 0.1) is 0 Å². The van der Waals surface area contributed by atoms with Crippen molar-refractivity contribution in [3.63, 3.8) is 0 Å². The van der Waals surface area contributed by atoms with Crippen molar-refractivity contribution in [2.75, 3.05) is 6.61 Å². The van der Waals surface area contributed by atoms with Gasteiger partial charge in [0.05, 0.1) is 6.61 Å². The Kier molecular flexibility index (Phi) is 4.07. The lowest BCUT2D eigenvalue weighted by molar-refractivity contribution is 0.318. The molecule has 2 aromatic heterocycles. The fourth-order valence-electron chi connectivity index (χ4n) is 2.37. The van der Waals surface area contributed by atoms with Crippen LogP contribution in [-0.2, 0) is 13.0 Å². The van der Waals surface area contributed by atoms with Gasteiger partial charge in [-0.2, -0.15) is 0 Å². The molecule has 0 aliphatic heterocycles. The number of nitrogens with zero attached hydrogens (tertiary/aromatic N) is 1. The van der Waals surface area contributed by atoms with Gasteiger partial charge in [0.15, 0.2) is 0 Å². The van der Waals surface area contributed by atoms with Crippen LogP contribution in [0.3, 0.4) is 0 Å². The van der Waals surface area contributed by atoms with Crippen LogP contribution >= 0.6 is 11.3 Å². The minimum atomic E-state index is 0.782. The standard InChI is InChI=1S/C17H19NOS/c1-2-11-19-15-5-6-17-14(13-15)7-9-18(17)10-8-16-4-3-12-20-16/h3-7,9,12-13H,2,8,10-11H2,1H3. The molecule has 0 amide bonds. The number of hydrogen-bond donors (Lipinski definition) is 0. The Labute approximate surface area is 123 Å². The normalized spacial score (nSPS) is 11.1. The molecule has 0 bridgehead atoms. The predicted molar refractivity (Wildman–Crippen MR) is 85.7 cm³/mol. The van der Waals surface area contributed by atoms with Crippen molar-refractivity contribution in [3.8, 4) is 5.75 Å². The van der Waals surface area contributed by atoms with Crippen LogP contribution in [0.15, 0.2) is 48.0 Å². The average Bonchev–Trinajstić information content (AvgIpc) is 3.12. The molecule has 0 radical (unpaired) electrons. The highest BCUT2D eigenvalue weighted by molar-refractivity contribution is 7.09. The molecule has 0 spiro atoms. The molecular weight excluding hydrogens is 266 g/mol. The van der Waals surface area contributed by atoms with Crippen LogP contribution in [-0.4, -0.2) is 11.2 Å². The molecule has 20 heavy (non-hydrogen) atoms. The number of fused-ring (bicyclic) bond motifs is 1. The van der Waals surface area contributed by atoms with E-state index >= 15 is 0 Å². The van der Waals surface area contributed by atoms with E-state index in [4.69, 9.17) is 4.74 Å². The van der Waals surface area contributed by atoms with Gasteiger partial charge in [-0.05, 0) is 48.6 Å². The van der Waals surface area contributed by atoms with Gasteiger partial charge in [-0.3, -0.25) is 0 Å². The summed E-state index contributed by atoms with van der Waals surface area (Å²) in [4.78, 5) is 1.44. The van der Waals surface area contributed by atoms with Crippen molar-refractivity contribution in [1.82, 2.24) is 4.57 Å². The molecule has 0 saturated heterocycles. The van der Waals surface area contributed by atoms with Gasteiger partial charge in [0.2, 0.25) is 0 Å². The van der Waals surface area contributed by atoms with Crippen LogP contribution in [0.1, 0.15) is 18.2 Å². The second-order valence-electron chi connectivity index (χ2n) is 4.91. The fraction of sp³-hybridized carbons (Fsp3) is 0.294. The molecule has 0 aliphatic rings. The molecule has 0 atom stereocenters. The van der Waals surface area contributed by atoms with Gasteiger partial charge in [0.1, 0.15) is 5.75 Å². The Hall–Kier alpha value is -1.74. The summed E-state index contributed by atoms with van der Waals surface area (Å²) in [5.41, 5.74) is 1.28. The summed E-state index contributed by atoms with van der Waals surface area (Å²) >= 11 is 1.83. The molecule has 2 nitrogen and oxygen atoms in total. The van der Waals surface area contributed by atoms with E-state index in [-0.39, 0.29) is 0 Å². The first-order valence-electron chi connectivity index (χ1n) is 7.11. The number of hydrogen-bond acceptors (Lipinski definition) is 2. The van der Waals surface area contributed by atoms with Crippen LogP contribution < -0.4 is 4.74 Å². The topological polar surface area (TPSA) is 14.2 Å². The van der Waals surface area contributed by atoms with E-state index in [1.165, 1.54) is 15.8 Å². The summed E-state index contributed by atoms with van der Waals surface area (Å²) in [5, 5.41) is 3.39. The van der Waals surface area contributed by atoms with Crippen LogP contribution in [0.4, 0.5) is 0 Å². The number of rotatable bonds is 6. The number of aromatic nitrogens is 1. The molecule has 0 unspecified atom stereocenters. The second-order valence-corrected chi connectivity index (χ2v) is 5.94. The summed E-state index contributed by atoms with van der Waals surface area (Å²) in [6.45, 7) is 3.93. The third-order valence-corrected chi connectivity index (χ3v) is 4.33. The largest absolute Gasteiger partial charge is 0.494 e. The van der Waals surface area contributed by atoms with E-state index in [0.29, 0.717) is 0 Å². The number of ether oxygens (including phenoxy) is 1. The van der Waals surface area contributed by atoms with Crippen LogP contribution in [0.5, 0.6) is 5.75 Å². The predicted octanol–water partition coefficient (Wildman–Crippen LogP) is 4.73. The molecule has 0 N–H and O–H groups in total. The van der Waals surface area contributed by atoms with Gasteiger partial charge in [0, 0.05) is 28.5 Å². The van der Waals surface area contributed by atoms with Gasteiger partial charge in [-0.1, -0.05) is 13.0 Å². The molecule has 0 fully saturated rings. The molecular formula is C17H19NOS. The second kappa shape index (κ2) is 6.14. The minimum absolute atomic E-state index is 0.782. The lowest BCUT2D eigenvalue weighted by atomic mass is 10.2. The van der Waals surface area contributed by atoms with Gasteiger partial charge >= 0.3 is 0 Å². The maximum absolute atomic E-state index is 5.68. The smallest absolute Gasteiger partial charge is 0.120 e. The number of benzene rings is 1. The monoisotopic (exact) mass is 285 g/mol. The molecule has 0 saturated carbocycles. The van der Waals surface area contributed by atoms with Gasteiger partial charge in [-0.25, -0.2) is 0 Å². The van der Waals surface area contributed by atoms with Crippen molar-refractivity contribution < 1.29 is 4.74 Å². The Morgan fingerprint density at radius 2 is 2.15 bits per heavy atom. The van der Waals surface area contributed by atoms with E-state index in [1.54, 1.807) is 0 Å². The third kappa shape index (κ3) is 2.88. The Bertz CT molecular complexity index is 669. The summed E-state index contributed by atoms with van der Waals surface area (Å²) in [6.07, 6.45) is 4.30. The zero-order valence-electron chi connectivity index (χ0n) is 11.7. The highest BCUT2D eigenvalue weighted by atomic mass is 32.1. The van der Waals surface area contributed by atoms with Crippen molar-refractivity contribution in [3.05, 3.63) is 52.9 Å². The summed E-state index contributed by atoms with van der Waals surface area (Å²) < 4.78 is 8.00. The first-order chi connectivity index (χ1) is 9.86. The highest BCUT2D eigenvalue weighted by Gasteiger charge is 2.03. The van der Waals surface area contributed by atoms with Crippen LogP contribution in [0.2, 0.25) is 0 Å². The van der Waals surface area contributed by atoms with Crippen molar-refractivity contribution in [1.29, 1.82) is 0 Å². The van der Waals surface area contributed by atoms with Gasteiger partial charge in [0.25, 0.3) is 0 Å². The van der Waals surface area contributed by atoms with E-state index in [2.05, 4.69) is 59.5 Å². The Balaban J connectivity index is 1.75. The molecule has 1 aromatic carbocycles. The van der Waals surface area contributed by atoms with E-state index in [9.17, 15) is 0 Å². The first kappa shape index (κ1) is 13.3. The SMILES string of the molecule is CCCOc1ccc2c(ccn2CCc2cccs2)c1. The number of thiophene rings is 1. The first-order valence-corrected chi connectivity index (χ1v) is 7.99. The van der Waals surface area contributed by atoms with Crippen molar-refractivity contribution in [2.45, 2.75) is 26.3 Å². The van der Waals surface area contributed by atoms with Crippen molar-refractivity contribution in [2.24, 2.45) is 0 Å². The maximum Gasteiger partial charge on any atom is 0.120 e. The highest BCUT2D eigenvalue weighted by Crippen LogP contribution is 2.23. The lowest BCUT2D eigenvalue weighted by Gasteiger charge is -2.07. The zero-order chi connectivity index (χ0) is 13.8. The molecule has 2 heterocycles. The van der Waals surface area contributed by atoms with E-state index < -0.39 is 0 Å². The minimum Gasteiger partial charge on any atom is -0.494 e. The molecule has 0 aliphatic carbocycles. The zero-order valence-corrected chi connectivity index (χ0v) is 12.5. The average molecular weight is 285 g/mol. The lowest BCUT2D eigenvalue weighted by Crippen LogP contribution is -1.98. The summed E-state index contributed by atoms with van der Waals surface area (Å²) in [7, 11) is 0. The van der Waals surface area contributed by atoms with Crippen LogP contribution in [0.25, 0.3) is 10.9 Å². The fourth-order valence-corrected chi connectivity index (χ4v) is 3.07. The molecule has 3 aromatic rings. The van der Waals surface area contributed by atoms with Crippen molar-refractivity contribution >= 4 is 22.2 Å². The van der Waals surface area contributed by atoms with Gasteiger partial charge in [-0.15, -0.1) is 11.3 Å². The van der Waals surface area contributed by atoms with Gasteiger partial charge < -0.3 is 9.30 Å². The third-order valence-electron chi connectivity index (χ3n) is 3.39. The number of aryl methyl sites for hydroxylation is 2. The quantitative estimate of drug-likeness (QED) is 0.638. The maximum atomic E-state index is 5.68. The Morgan fingerprint density at radius 3 is 2.95 bits per heavy atom. The molecule has 3 heteroatoms.